The highest BCUT2D eigenvalue weighted by Gasteiger charge is 2.10. The van der Waals surface area contributed by atoms with E-state index in [2.05, 4.69) is 43.4 Å². The quantitative estimate of drug-likeness (QED) is 0.644. The first kappa shape index (κ1) is 9.32. The Kier molecular flexibility index (Phi) is 2.87. The zero-order chi connectivity index (χ0) is 9.80. The third kappa shape index (κ3) is 2.38. The summed E-state index contributed by atoms with van der Waals surface area (Å²) < 4.78 is 5.86. The molecular weight excluding hydrogens is 172 g/mol. The highest BCUT2D eigenvalue weighted by atomic mass is 16.5. The highest BCUT2D eigenvalue weighted by Crippen LogP contribution is 2.21. The molecule has 0 aromatic rings. The van der Waals surface area contributed by atoms with Gasteiger partial charge in [0.05, 0.1) is 5.76 Å². The second-order valence-corrected chi connectivity index (χ2v) is 3.85. The Morgan fingerprint density at radius 1 is 1.21 bits per heavy atom. The Morgan fingerprint density at radius 3 is 2.79 bits per heavy atom. The van der Waals surface area contributed by atoms with E-state index in [1.165, 1.54) is 5.57 Å². The van der Waals surface area contributed by atoms with E-state index in [0.717, 1.165) is 25.0 Å². The lowest BCUT2D eigenvalue weighted by Gasteiger charge is -2.20. The molecule has 0 bridgehead atoms. The molecule has 2 aliphatic rings. The second kappa shape index (κ2) is 4.32. The van der Waals surface area contributed by atoms with Gasteiger partial charge in [0, 0.05) is 12.8 Å². The van der Waals surface area contributed by atoms with Crippen LogP contribution >= 0.6 is 0 Å². The molecule has 1 unspecified atom stereocenters. The van der Waals surface area contributed by atoms with Crippen LogP contribution in [0.5, 0.6) is 0 Å². The molecule has 0 N–H and O–H groups in total. The summed E-state index contributed by atoms with van der Waals surface area (Å²) in [6.45, 7) is 2.16. The molecule has 0 aromatic heterocycles. The molecule has 0 amide bonds. The van der Waals surface area contributed by atoms with Gasteiger partial charge in [0.1, 0.15) is 6.10 Å². The average molecular weight is 188 g/mol. The molecule has 0 aliphatic heterocycles. The third-order valence-electron chi connectivity index (χ3n) is 2.56. The summed E-state index contributed by atoms with van der Waals surface area (Å²) in [6, 6.07) is 0. The van der Waals surface area contributed by atoms with E-state index in [-0.39, 0.29) is 6.10 Å². The Hall–Kier alpha value is -1.24. The lowest BCUT2D eigenvalue weighted by Crippen LogP contribution is -2.11. The number of allylic oxidation sites excluding steroid dienone is 6. The molecule has 14 heavy (non-hydrogen) atoms. The standard InChI is InChI=1S/C13H16O/c1-11-7-9-13(10-8-11)14-12-5-3-2-4-6-12/h2-5,7,9,12H,6,8,10H2,1H3. The highest BCUT2D eigenvalue weighted by molar-refractivity contribution is 5.20. The van der Waals surface area contributed by atoms with Crippen molar-refractivity contribution in [3.8, 4) is 0 Å². The molecule has 0 saturated heterocycles. The van der Waals surface area contributed by atoms with Crippen molar-refractivity contribution in [2.45, 2.75) is 32.3 Å². The lowest BCUT2D eigenvalue weighted by atomic mass is 10.1. The van der Waals surface area contributed by atoms with Gasteiger partial charge in [-0.1, -0.05) is 29.9 Å². The molecule has 1 heteroatoms. The fourth-order valence-corrected chi connectivity index (χ4v) is 1.66. The number of rotatable bonds is 2. The number of ether oxygens (including phenoxy) is 1. The zero-order valence-electron chi connectivity index (χ0n) is 8.57. The summed E-state index contributed by atoms with van der Waals surface area (Å²) in [7, 11) is 0. The molecule has 0 spiro atoms. The molecule has 0 radical (unpaired) electrons. The summed E-state index contributed by atoms with van der Waals surface area (Å²) in [5.41, 5.74) is 1.44. The van der Waals surface area contributed by atoms with E-state index in [1.807, 2.05) is 0 Å². The smallest absolute Gasteiger partial charge is 0.120 e. The summed E-state index contributed by atoms with van der Waals surface area (Å²) in [4.78, 5) is 0. The Bertz CT molecular complexity index is 318. The summed E-state index contributed by atoms with van der Waals surface area (Å²) in [5.74, 6) is 1.13. The third-order valence-corrected chi connectivity index (χ3v) is 2.56. The molecule has 1 atom stereocenters. The minimum Gasteiger partial charge on any atom is -0.490 e. The van der Waals surface area contributed by atoms with Gasteiger partial charge in [0.15, 0.2) is 0 Å². The molecular formula is C13H16O. The first-order valence-corrected chi connectivity index (χ1v) is 5.21. The maximum absolute atomic E-state index is 5.86. The van der Waals surface area contributed by atoms with Crippen LogP contribution in [0.25, 0.3) is 0 Å². The van der Waals surface area contributed by atoms with Crippen LogP contribution in [0.3, 0.4) is 0 Å². The van der Waals surface area contributed by atoms with Crippen molar-refractivity contribution in [3.05, 3.63) is 47.8 Å². The molecule has 74 valence electrons. The minimum atomic E-state index is 0.248. The van der Waals surface area contributed by atoms with E-state index in [4.69, 9.17) is 4.74 Å². The van der Waals surface area contributed by atoms with Crippen LogP contribution in [0.15, 0.2) is 47.8 Å². The number of hydrogen-bond donors (Lipinski definition) is 0. The van der Waals surface area contributed by atoms with Crippen LogP contribution in [0.2, 0.25) is 0 Å². The van der Waals surface area contributed by atoms with Gasteiger partial charge in [-0.3, -0.25) is 0 Å². The topological polar surface area (TPSA) is 9.23 Å². The van der Waals surface area contributed by atoms with Crippen molar-refractivity contribution in [1.29, 1.82) is 0 Å². The fraction of sp³-hybridized carbons (Fsp3) is 0.385. The van der Waals surface area contributed by atoms with E-state index in [0.29, 0.717) is 0 Å². The molecule has 0 fully saturated rings. The molecule has 0 heterocycles. The van der Waals surface area contributed by atoms with Crippen LogP contribution in [-0.2, 0) is 4.74 Å². The summed E-state index contributed by atoms with van der Waals surface area (Å²) in [6.07, 6.45) is 16.1. The van der Waals surface area contributed by atoms with Crippen molar-refractivity contribution in [2.24, 2.45) is 0 Å². The van der Waals surface area contributed by atoms with Crippen molar-refractivity contribution in [2.75, 3.05) is 0 Å². The van der Waals surface area contributed by atoms with Crippen molar-refractivity contribution < 1.29 is 4.74 Å². The molecule has 1 nitrogen and oxygen atoms in total. The van der Waals surface area contributed by atoms with Gasteiger partial charge in [0.25, 0.3) is 0 Å². The van der Waals surface area contributed by atoms with E-state index in [1.54, 1.807) is 0 Å². The predicted octanol–water partition coefficient (Wildman–Crippen LogP) is 3.51. The fourth-order valence-electron chi connectivity index (χ4n) is 1.66. The monoisotopic (exact) mass is 188 g/mol. The van der Waals surface area contributed by atoms with Crippen LogP contribution in [-0.4, -0.2) is 6.10 Å². The largest absolute Gasteiger partial charge is 0.490 e. The van der Waals surface area contributed by atoms with Crippen molar-refractivity contribution in [1.82, 2.24) is 0 Å². The Labute approximate surface area is 85.5 Å². The van der Waals surface area contributed by atoms with Crippen LogP contribution in [0.4, 0.5) is 0 Å². The first-order valence-electron chi connectivity index (χ1n) is 5.21. The Balaban J connectivity index is 1.92. The second-order valence-electron chi connectivity index (χ2n) is 3.85. The minimum absolute atomic E-state index is 0.248. The van der Waals surface area contributed by atoms with Crippen LogP contribution in [0, 0.1) is 0 Å². The summed E-state index contributed by atoms with van der Waals surface area (Å²) >= 11 is 0. The van der Waals surface area contributed by atoms with E-state index in [9.17, 15) is 0 Å². The molecule has 2 rings (SSSR count). The normalized spacial score (nSPS) is 25.6. The van der Waals surface area contributed by atoms with Gasteiger partial charge < -0.3 is 4.74 Å². The van der Waals surface area contributed by atoms with Gasteiger partial charge in [-0.05, 0) is 25.5 Å². The maximum Gasteiger partial charge on any atom is 0.120 e. The maximum atomic E-state index is 5.86. The van der Waals surface area contributed by atoms with E-state index < -0.39 is 0 Å². The van der Waals surface area contributed by atoms with E-state index >= 15 is 0 Å². The summed E-state index contributed by atoms with van der Waals surface area (Å²) in [5, 5.41) is 0. The molecule has 0 saturated carbocycles. The average Bonchev–Trinajstić information content (AvgIpc) is 2.23. The van der Waals surface area contributed by atoms with Crippen LogP contribution < -0.4 is 0 Å². The Morgan fingerprint density at radius 2 is 2.14 bits per heavy atom. The SMILES string of the molecule is CC1=CC=C(OC2C=CC=CC2)CC1. The molecule has 0 aromatic carbocycles. The first-order chi connectivity index (χ1) is 6.84. The lowest BCUT2D eigenvalue weighted by molar-refractivity contribution is 0.147. The molecule has 2 aliphatic carbocycles. The predicted molar refractivity (Wildman–Crippen MR) is 58.8 cm³/mol. The van der Waals surface area contributed by atoms with Crippen molar-refractivity contribution >= 4 is 0 Å². The van der Waals surface area contributed by atoms with Crippen LogP contribution in [0.1, 0.15) is 26.2 Å². The van der Waals surface area contributed by atoms with Gasteiger partial charge >= 0.3 is 0 Å². The number of hydrogen-bond acceptors (Lipinski definition) is 1. The zero-order valence-corrected chi connectivity index (χ0v) is 8.57. The van der Waals surface area contributed by atoms with Crippen molar-refractivity contribution in [3.63, 3.8) is 0 Å². The van der Waals surface area contributed by atoms with Gasteiger partial charge in [-0.25, -0.2) is 0 Å². The van der Waals surface area contributed by atoms with Gasteiger partial charge in [-0.2, -0.15) is 0 Å². The van der Waals surface area contributed by atoms with Gasteiger partial charge in [0.2, 0.25) is 0 Å². The van der Waals surface area contributed by atoms with Gasteiger partial charge in [-0.15, -0.1) is 0 Å².